The van der Waals surface area contributed by atoms with Gasteiger partial charge in [0.1, 0.15) is 11.8 Å². The molecule has 166 valence electrons. The molecule has 0 saturated heterocycles. The number of rotatable bonds is 7. The summed E-state index contributed by atoms with van der Waals surface area (Å²) in [5, 5.41) is 8.92. The molecule has 1 N–H and O–H groups in total. The average molecular weight is 443 g/mol. The number of benzene rings is 1. The van der Waals surface area contributed by atoms with Crippen molar-refractivity contribution in [2.45, 2.75) is 75.9 Å². The molecule has 0 aliphatic heterocycles. The molecule has 7 nitrogen and oxygen atoms in total. The Hall–Kier alpha value is -2.48. The van der Waals surface area contributed by atoms with E-state index in [-0.39, 0.29) is 23.9 Å². The first-order chi connectivity index (χ1) is 15.2. The van der Waals surface area contributed by atoms with Crippen molar-refractivity contribution in [2.24, 2.45) is 0 Å². The Balaban J connectivity index is 1.71. The molecule has 2 fully saturated rings. The molecule has 4 rings (SSSR count). The summed E-state index contributed by atoms with van der Waals surface area (Å²) < 4.78 is 9.29. The van der Waals surface area contributed by atoms with E-state index >= 15 is 0 Å². The standard InChI is InChI=1S/C23H30N4O3S/c1-30-19-13-7-8-16(14-19)21(22(28)24-17-9-3-2-4-10-17)27(18-11-5-6-12-18)23(29)20-15-31-26-25-20/h7-8,13-15,17-18,21H,2-6,9-12H2,1H3,(H,24,28). The lowest BCUT2D eigenvalue weighted by molar-refractivity contribution is -0.127. The maximum absolute atomic E-state index is 13.7. The molecule has 1 aromatic heterocycles. The van der Waals surface area contributed by atoms with Crippen molar-refractivity contribution in [1.29, 1.82) is 0 Å². The smallest absolute Gasteiger partial charge is 0.276 e. The van der Waals surface area contributed by atoms with Crippen molar-refractivity contribution < 1.29 is 14.3 Å². The molecule has 0 radical (unpaired) electrons. The summed E-state index contributed by atoms with van der Waals surface area (Å²) in [6.07, 6.45) is 9.34. The quantitative estimate of drug-likeness (QED) is 0.697. The first-order valence-corrected chi connectivity index (χ1v) is 12.0. The van der Waals surface area contributed by atoms with Crippen LogP contribution in [-0.2, 0) is 4.79 Å². The van der Waals surface area contributed by atoms with E-state index in [4.69, 9.17) is 4.74 Å². The Morgan fingerprint density at radius 3 is 2.55 bits per heavy atom. The lowest BCUT2D eigenvalue weighted by Crippen LogP contribution is -2.50. The van der Waals surface area contributed by atoms with Gasteiger partial charge in [-0.2, -0.15) is 0 Å². The third kappa shape index (κ3) is 5.06. The summed E-state index contributed by atoms with van der Waals surface area (Å²) in [7, 11) is 1.61. The minimum atomic E-state index is -0.727. The number of carbonyl (C=O) groups is 2. The Labute approximate surface area is 187 Å². The first-order valence-electron chi connectivity index (χ1n) is 11.2. The number of nitrogens with zero attached hydrogens (tertiary/aromatic N) is 3. The molecular weight excluding hydrogens is 412 g/mol. The highest BCUT2D eigenvalue weighted by atomic mass is 32.1. The predicted molar refractivity (Wildman–Crippen MR) is 119 cm³/mol. The average Bonchev–Trinajstić information content (AvgIpc) is 3.52. The van der Waals surface area contributed by atoms with Crippen LogP contribution in [0.3, 0.4) is 0 Å². The fraction of sp³-hybridized carbons (Fsp3) is 0.565. The number of ether oxygens (including phenoxy) is 1. The van der Waals surface area contributed by atoms with Crippen molar-refractivity contribution >= 4 is 23.3 Å². The number of amides is 2. The van der Waals surface area contributed by atoms with E-state index in [1.54, 1.807) is 17.4 Å². The molecule has 1 heterocycles. The first kappa shape index (κ1) is 21.7. The van der Waals surface area contributed by atoms with Crippen LogP contribution < -0.4 is 10.1 Å². The molecule has 2 amide bonds. The molecular formula is C23H30N4O3S. The fourth-order valence-electron chi connectivity index (χ4n) is 4.84. The number of nitrogens with one attached hydrogen (secondary N) is 1. The highest BCUT2D eigenvalue weighted by Gasteiger charge is 2.39. The second kappa shape index (κ2) is 10.2. The van der Waals surface area contributed by atoms with Gasteiger partial charge in [0, 0.05) is 17.5 Å². The number of methoxy groups -OCH3 is 1. The molecule has 2 saturated carbocycles. The summed E-state index contributed by atoms with van der Waals surface area (Å²) in [4.78, 5) is 29.0. The van der Waals surface area contributed by atoms with Crippen molar-refractivity contribution in [3.8, 4) is 5.75 Å². The maximum atomic E-state index is 13.7. The summed E-state index contributed by atoms with van der Waals surface area (Å²) in [5.74, 6) is 0.318. The zero-order valence-corrected chi connectivity index (χ0v) is 18.8. The van der Waals surface area contributed by atoms with E-state index in [1.165, 1.54) is 6.42 Å². The topological polar surface area (TPSA) is 84.4 Å². The van der Waals surface area contributed by atoms with Gasteiger partial charge in [-0.25, -0.2) is 0 Å². The van der Waals surface area contributed by atoms with Crippen LogP contribution in [0.4, 0.5) is 0 Å². The third-order valence-corrected chi connectivity index (χ3v) is 6.92. The van der Waals surface area contributed by atoms with Crippen LogP contribution in [0.25, 0.3) is 0 Å². The minimum absolute atomic E-state index is 0.00232. The molecule has 8 heteroatoms. The van der Waals surface area contributed by atoms with E-state index in [0.717, 1.165) is 68.5 Å². The Kier molecular flexibility index (Phi) is 7.17. The highest BCUT2D eigenvalue weighted by Crippen LogP contribution is 2.34. The minimum Gasteiger partial charge on any atom is -0.497 e. The van der Waals surface area contributed by atoms with E-state index < -0.39 is 6.04 Å². The van der Waals surface area contributed by atoms with Crippen molar-refractivity contribution in [1.82, 2.24) is 19.8 Å². The van der Waals surface area contributed by atoms with Gasteiger partial charge in [0.25, 0.3) is 5.91 Å². The zero-order valence-electron chi connectivity index (χ0n) is 18.0. The number of hydrogen-bond acceptors (Lipinski definition) is 6. The largest absolute Gasteiger partial charge is 0.497 e. The highest BCUT2D eigenvalue weighted by molar-refractivity contribution is 7.03. The van der Waals surface area contributed by atoms with E-state index in [2.05, 4.69) is 14.9 Å². The molecule has 0 bridgehead atoms. The van der Waals surface area contributed by atoms with Gasteiger partial charge in [-0.15, -0.1) is 5.10 Å². The van der Waals surface area contributed by atoms with Gasteiger partial charge < -0.3 is 15.0 Å². The van der Waals surface area contributed by atoms with Gasteiger partial charge in [0.05, 0.1) is 7.11 Å². The van der Waals surface area contributed by atoms with Crippen LogP contribution in [0.15, 0.2) is 29.6 Å². The van der Waals surface area contributed by atoms with Crippen LogP contribution in [0, 0.1) is 0 Å². The van der Waals surface area contributed by atoms with Crippen molar-refractivity contribution in [3.05, 3.63) is 40.9 Å². The van der Waals surface area contributed by atoms with Gasteiger partial charge in [0.15, 0.2) is 5.69 Å². The van der Waals surface area contributed by atoms with E-state index in [9.17, 15) is 9.59 Å². The molecule has 1 atom stereocenters. The Bertz CT molecular complexity index is 877. The lowest BCUT2D eigenvalue weighted by atomic mass is 9.94. The molecule has 1 unspecified atom stereocenters. The number of hydrogen-bond donors (Lipinski definition) is 1. The van der Waals surface area contributed by atoms with Gasteiger partial charge in [0.2, 0.25) is 5.91 Å². The number of carbonyl (C=O) groups excluding carboxylic acids is 2. The van der Waals surface area contributed by atoms with Crippen LogP contribution in [0.5, 0.6) is 5.75 Å². The summed E-state index contributed by atoms with van der Waals surface area (Å²) in [5.41, 5.74) is 1.06. The van der Waals surface area contributed by atoms with Gasteiger partial charge in [-0.3, -0.25) is 9.59 Å². The van der Waals surface area contributed by atoms with E-state index in [0.29, 0.717) is 11.4 Å². The molecule has 2 aromatic rings. The van der Waals surface area contributed by atoms with Crippen LogP contribution >= 0.6 is 11.5 Å². The maximum Gasteiger partial charge on any atom is 0.276 e. The lowest BCUT2D eigenvalue weighted by Gasteiger charge is -2.37. The van der Waals surface area contributed by atoms with Crippen LogP contribution in [0.1, 0.15) is 79.9 Å². The van der Waals surface area contributed by atoms with Crippen LogP contribution in [-0.4, -0.2) is 45.5 Å². The van der Waals surface area contributed by atoms with Crippen molar-refractivity contribution in [2.75, 3.05) is 7.11 Å². The Morgan fingerprint density at radius 1 is 1.13 bits per heavy atom. The normalized spacial score (nSPS) is 18.5. The molecule has 2 aliphatic carbocycles. The molecule has 1 aromatic carbocycles. The SMILES string of the molecule is COc1cccc(C(C(=O)NC2CCCCC2)N(C(=O)c2csnn2)C2CCCC2)c1. The second-order valence-electron chi connectivity index (χ2n) is 8.46. The fourth-order valence-corrected chi connectivity index (χ4v) is 5.27. The second-order valence-corrected chi connectivity index (χ2v) is 9.07. The summed E-state index contributed by atoms with van der Waals surface area (Å²) >= 11 is 1.15. The van der Waals surface area contributed by atoms with Gasteiger partial charge in [-0.05, 0) is 54.9 Å². The monoisotopic (exact) mass is 442 g/mol. The Morgan fingerprint density at radius 2 is 1.87 bits per heavy atom. The molecule has 0 spiro atoms. The predicted octanol–water partition coefficient (Wildman–Crippen LogP) is 4.12. The van der Waals surface area contributed by atoms with E-state index in [1.807, 2.05) is 24.3 Å². The molecule has 2 aliphatic rings. The number of aromatic nitrogens is 2. The third-order valence-electron chi connectivity index (χ3n) is 6.42. The summed E-state index contributed by atoms with van der Waals surface area (Å²) in [6, 6.07) is 6.93. The van der Waals surface area contributed by atoms with Crippen molar-refractivity contribution in [3.63, 3.8) is 0 Å². The van der Waals surface area contributed by atoms with Gasteiger partial charge in [-0.1, -0.05) is 48.7 Å². The molecule has 31 heavy (non-hydrogen) atoms. The van der Waals surface area contributed by atoms with Gasteiger partial charge >= 0.3 is 0 Å². The summed E-state index contributed by atoms with van der Waals surface area (Å²) in [6.45, 7) is 0. The van der Waals surface area contributed by atoms with Crippen LogP contribution in [0.2, 0.25) is 0 Å². The zero-order chi connectivity index (χ0) is 21.6.